The van der Waals surface area contributed by atoms with E-state index in [1.54, 1.807) is 17.8 Å². The molecule has 1 aliphatic rings. The van der Waals surface area contributed by atoms with E-state index in [9.17, 15) is 0 Å². The van der Waals surface area contributed by atoms with Gasteiger partial charge in [0.2, 0.25) is 5.88 Å². The first-order valence-electron chi connectivity index (χ1n) is 7.11. The second-order valence-corrected chi connectivity index (χ2v) is 5.42. The number of hydrogen-bond donors (Lipinski definition) is 0. The van der Waals surface area contributed by atoms with Gasteiger partial charge in [-0.25, -0.2) is 9.67 Å². The minimum absolute atomic E-state index is 0.151. The van der Waals surface area contributed by atoms with Crippen LogP contribution in [0.4, 0.5) is 0 Å². The summed E-state index contributed by atoms with van der Waals surface area (Å²) in [6, 6.07) is 1.96. The topological polar surface area (TPSA) is 88.1 Å². The summed E-state index contributed by atoms with van der Waals surface area (Å²) in [4.78, 5) is 12.6. The molecule has 1 fully saturated rings. The van der Waals surface area contributed by atoms with Gasteiger partial charge in [0.25, 0.3) is 11.6 Å². The molecular formula is C14H15N5O3. The molecule has 0 saturated heterocycles. The fourth-order valence-corrected chi connectivity index (χ4v) is 2.12. The summed E-state index contributed by atoms with van der Waals surface area (Å²) in [5, 5.41) is 4.22. The molecule has 8 nitrogen and oxygen atoms in total. The van der Waals surface area contributed by atoms with Crippen molar-refractivity contribution in [1.29, 1.82) is 0 Å². The Morgan fingerprint density at radius 2 is 2.23 bits per heavy atom. The van der Waals surface area contributed by atoms with Crippen molar-refractivity contribution in [2.45, 2.75) is 19.8 Å². The van der Waals surface area contributed by atoms with Crippen molar-refractivity contribution in [1.82, 2.24) is 24.7 Å². The lowest BCUT2D eigenvalue weighted by molar-refractivity contribution is 0.285. The van der Waals surface area contributed by atoms with Gasteiger partial charge in [0.05, 0.1) is 12.3 Å². The van der Waals surface area contributed by atoms with Gasteiger partial charge in [-0.15, -0.1) is 0 Å². The van der Waals surface area contributed by atoms with Crippen LogP contribution in [0.25, 0.3) is 11.2 Å². The van der Waals surface area contributed by atoms with Gasteiger partial charge in [0.1, 0.15) is 0 Å². The average Bonchev–Trinajstić information content (AvgIpc) is 3.10. The van der Waals surface area contributed by atoms with Crippen molar-refractivity contribution >= 4 is 11.2 Å². The zero-order valence-electron chi connectivity index (χ0n) is 12.3. The fraction of sp³-hybridized carbons (Fsp3) is 0.429. The van der Waals surface area contributed by atoms with E-state index in [1.807, 2.05) is 6.92 Å². The summed E-state index contributed by atoms with van der Waals surface area (Å²) in [5.41, 5.74) is 1.70. The highest BCUT2D eigenvalue weighted by molar-refractivity contribution is 5.73. The summed E-state index contributed by atoms with van der Waals surface area (Å²) in [5.74, 6) is 1.55. The largest absolute Gasteiger partial charge is 0.476 e. The molecule has 114 valence electrons. The summed E-state index contributed by atoms with van der Waals surface area (Å²) in [6.45, 7) is 2.51. The van der Waals surface area contributed by atoms with Crippen LogP contribution in [0.1, 0.15) is 18.5 Å². The van der Waals surface area contributed by atoms with E-state index in [0.29, 0.717) is 35.5 Å². The van der Waals surface area contributed by atoms with E-state index in [2.05, 4.69) is 20.1 Å². The lowest BCUT2D eigenvalue weighted by atomic mass is 10.4. The minimum Gasteiger partial charge on any atom is -0.476 e. The summed E-state index contributed by atoms with van der Waals surface area (Å²) < 4.78 is 18.3. The third-order valence-electron chi connectivity index (χ3n) is 3.45. The smallest absolute Gasteiger partial charge is 0.330 e. The molecule has 1 aliphatic carbocycles. The Morgan fingerprint density at radius 1 is 1.36 bits per heavy atom. The van der Waals surface area contributed by atoms with Gasteiger partial charge in [0, 0.05) is 13.1 Å². The van der Waals surface area contributed by atoms with E-state index in [-0.39, 0.29) is 6.01 Å². The predicted molar refractivity (Wildman–Crippen MR) is 75.8 cm³/mol. The lowest BCUT2D eigenvalue weighted by Gasteiger charge is -2.07. The second-order valence-electron chi connectivity index (χ2n) is 5.42. The second kappa shape index (κ2) is 4.97. The molecule has 0 atom stereocenters. The Hall–Kier alpha value is -2.64. The number of hydrogen-bond acceptors (Lipinski definition) is 7. The number of oxazole rings is 1. The molecule has 0 bridgehead atoms. The van der Waals surface area contributed by atoms with Gasteiger partial charge < -0.3 is 13.9 Å². The molecule has 0 unspecified atom stereocenters. The van der Waals surface area contributed by atoms with Crippen LogP contribution in [0.2, 0.25) is 0 Å². The molecule has 1 saturated carbocycles. The van der Waals surface area contributed by atoms with Gasteiger partial charge >= 0.3 is 6.01 Å². The van der Waals surface area contributed by atoms with Crippen molar-refractivity contribution in [2.24, 2.45) is 13.0 Å². The molecule has 0 aliphatic heterocycles. The van der Waals surface area contributed by atoms with Crippen molar-refractivity contribution in [2.75, 3.05) is 6.61 Å². The van der Waals surface area contributed by atoms with Crippen molar-refractivity contribution < 1.29 is 13.9 Å². The first-order chi connectivity index (χ1) is 10.7. The number of rotatable bonds is 5. The third kappa shape index (κ3) is 2.47. The standard InChI is InChI=1S/C14H15N5O3/c1-8-5-10(19(2)18-8)22-14-16-12(20-6-9-3-4-9)11-13(17-14)21-7-15-11/h5,7,9H,3-4,6H2,1-2H3. The Labute approximate surface area is 126 Å². The van der Waals surface area contributed by atoms with Gasteiger partial charge in [0.15, 0.2) is 11.9 Å². The molecule has 3 heterocycles. The quantitative estimate of drug-likeness (QED) is 0.714. The molecule has 4 rings (SSSR count). The van der Waals surface area contributed by atoms with E-state index in [1.165, 1.54) is 19.2 Å². The van der Waals surface area contributed by atoms with E-state index >= 15 is 0 Å². The van der Waals surface area contributed by atoms with Gasteiger partial charge in [-0.2, -0.15) is 15.1 Å². The molecule has 3 aromatic heterocycles. The van der Waals surface area contributed by atoms with Crippen LogP contribution in [-0.4, -0.2) is 31.3 Å². The van der Waals surface area contributed by atoms with Crippen molar-refractivity contribution in [3.63, 3.8) is 0 Å². The third-order valence-corrected chi connectivity index (χ3v) is 3.45. The van der Waals surface area contributed by atoms with Crippen LogP contribution in [0.3, 0.4) is 0 Å². The fourth-order valence-electron chi connectivity index (χ4n) is 2.12. The summed E-state index contributed by atoms with van der Waals surface area (Å²) in [6.07, 6.45) is 3.72. The lowest BCUT2D eigenvalue weighted by Crippen LogP contribution is -2.04. The number of fused-ring (bicyclic) bond motifs is 1. The van der Waals surface area contributed by atoms with E-state index in [0.717, 1.165) is 5.69 Å². The first kappa shape index (κ1) is 13.1. The van der Waals surface area contributed by atoms with Gasteiger partial charge in [-0.3, -0.25) is 0 Å². The Bertz CT molecular complexity index is 821. The monoisotopic (exact) mass is 301 g/mol. The van der Waals surface area contributed by atoms with Crippen LogP contribution in [0, 0.1) is 12.8 Å². The minimum atomic E-state index is 0.151. The maximum absolute atomic E-state index is 5.74. The zero-order valence-corrected chi connectivity index (χ0v) is 12.3. The Morgan fingerprint density at radius 3 is 2.95 bits per heavy atom. The van der Waals surface area contributed by atoms with Gasteiger partial charge in [-0.05, 0) is 25.7 Å². The van der Waals surface area contributed by atoms with E-state index in [4.69, 9.17) is 13.9 Å². The summed E-state index contributed by atoms with van der Waals surface area (Å²) in [7, 11) is 1.79. The molecule has 0 spiro atoms. The molecule has 3 aromatic rings. The number of aryl methyl sites for hydroxylation is 2. The number of nitrogens with zero attached hydrogens (tertiary/aromatic N) is 5. The summed E-state index contributed by atoms with van der Waals surface area (Å²) >= 11 is 0. The van der Waals surface area contributed by atoms with E-state index < -0.39 is 0 Å². The van der Waals surface area contributed by atoms with Crippen LogP contribution < -0.4 is 9.47 Å². The number of ether oxygens (including phenoxy) is 2. The van der Waals surface area contributed by atoms with Crippen LogP contribution >= 0.6 is 0 Å². The normalized spacial score (nSPS) is 14.5. The molecular weight excluding hydrogens is 286 g/mol. The van der Waals surface area contributed by atoms with Crippen LogP contribution in [0.5, 0.6) is 17.8 Å². The molecule has 0 radical (unpaired) electrons. The van der Waals surface area contributed by atoms with Crippen LogP contribution in [-0.2, 0) is 7.05 Å². The van der Waals surface area contributed by atoms with Crippen molar-refractivity contribution in [3.8, 4) is 17.8 Å². The van der Waals surface area contributed by atoms with Crippen molar-refractivity contribution in [3.05, 3.63) is 18.2 Å². The van der Waals surface area contributed by atoms with Gasteiger partial charge in [-0.1, -0.05) is 0 Å². The average molecular weight is 301 g/mol. The van der Waals surface area contributed by atoms with Crippen LogP contribution in [0.15, 0.2) is 16.9 Å². The highest BCUT2D eigenvalue weighted by atomic mass is 16.5. The molecule has 0 aromatic carbocycles. The molecule has 0 N–H and O–H groups in total. The molecule has 8 heteroatoms. The number of aromatic nitrogens is 5. The predicted octanol–water partition coefficient (Wildman–Crippen LogP) is 2.24. The zero-order chi connectivity index (χ0) is 15.1. The Kier molecular flexibility index (Phi) is 2.95. The Balaban J connectivity index is 1.66. The highest BCUT2D eigenvalue weighted by Crippen LogP contribution is 2.31. The SMILES string of the molecule is Cc1cc(Oc2nc(OCC3CC3)c3ncoc3n2)n(C)n1. The first-order valence-corrected chi connectivity index (χ1v) is 7.11. The molecule has 0 amide bonds. The molecule has 22 heavy (non-hydrogen) atoms. The highest BCUT2D eigenvalue weighted by Gasteiger charge is 2.24. The maximum atomic E-state index is 5.74. The maximum Gasteiger partial charge on any atom is 0.330 e.